The van der Waals surface area contributed by atoms with Gasteiger partial charge in [-0.2, -0.15) is 0 Å². The minimum atomic E-state index is -0.750. The number of ether oxygens (including phenoxy) is 1. The fraction of sp³-hybridized carbons (Fsp3) is 0.542. The Hall–Kier alpha value is -2.63. The number of likely N-dealkylation sites (tertiary alicyclic amines) is 1. The van der Waals surface area contributed by atoms with Crippen LogP contribution in [0, 0.1) is 24.7 Å². The number of rotatable bonds is 8. The quantitative estimate of drug-likeness (QED) is 0.486. The second kappa shape index (κ2) is 9.45. The second-order valence-electron chi connectivity index (χ2n) is 8.77. The normalized spacial score (nSPS) is 21.7. The standard InChI is InChI=1S/C24H32N2O4/c1-16(2)14-21(26-22(27)19-10-5-6-11-20(19)23(26)28)24(29)25(4)12-13-30-18-9-7-8-17(3)15-18/h5-9,15-16,19-21H,10-14H2,1-4H3. The molecular formula is C24H32N2O4. The summed E-state index contributed by atoms with van der Waals surface area (Å²) in [6, 6.07) is 7.00. The first-order valence-electron chi connectivity index (χ1n) is 10.8. The largest absolute Gasteiger partial charge is 0.492 e. The van der Waals surface area contributed by atoms with E-state index in [0.29, 0.717) is 32.4 Å². The molecule has 0 bridgehead atoms. The first kappa shape index (κ1) is 22.1. The van der Waals surface area contributed by atoms with Crippen LogP contribution in [0.1, 0.15) is 38.7 Å². The first-order chi connectivity index (χ1) is 14.3. The lowest BCUT2D eigenvalue weighted by Crippen LogP contribution is -2.51. The number of carbonyl (C=O) groups excluding carboxylic acids is 3. The van der Waals surface area contributed by atoms with Crippen molar-refractivity contribution in [2.45, 2.75) is 46.1 Å². The zero-order chi connectivity index (χ0) is 21.8. The SMILES string of the molecule is Cc1cccc(OCCN(C)C(=O)C(CC(C)C)N2C(=O)C3CC=CCC3C2=O)c1. The van der Waals surface area contributed by atoms with Crippen molar-refractivity contribution in [1.82, 2.24) is 9.80 Å². The maximum Gasteiger partial charge on any atom is 0.245 e. The molecule has 2 aliphatic rings. The predicted octanol–water partition coefficient (Wildman–Crippen LogP) is 3.20. The predicted molar refractivity (Wildman–Crippen MR) is 115 cm³/mol. The molecule has 6 nitrogen and oxygen atoms in total. The van der Waals surface area contributed by atoms with E-state index in [1.807, 2.05) is 57.2 Å². The van der Waals surface area contributed by atoms with Gasteiger partial charge in [0.1, 0.15) is 18.4 Å². The van der Waals surface area contributed by atoms with E-state index >= 15 is 0 Å². The number of fused-ring (bicyclic) bond motifs is 1. The van der Waals surface area contributed by atoms with Crippen LogP contribution in [-0.2, 0) is 14.4 Å². The summed E-state index contributed by atoms with van der Waals surface area (Å²) in [4.78, 5) is 42.1. The molecule has 6 heteroatoms. The van der Waals surface area contributed by atoms with Gasteiger partial charge in [-0.3, -0.25) is 19.3 Å². The van der Waals surface area contributed by atoms with Gasteiger partial charge in [0.05, 0.1) is 18.4 Å². The number of amides is 3. The van der Waals surface area contributed by atoms with Crippen LogP contribution in [0.4, 0.5) is 0 Å². The van der Waals surface area contributed by atoms with Gasteiger partial charge in [-0.25, -0.2) is 0 Å². The molecule has 0 N–H and O–H groups in total. The Labute approximate surface area is 178 Å². The second-order valence-corrected chi connectivity index (χ2v) is 8.77. The Morgan fingerprint density at radius 3 is 2.37 bits per heavy atom. The molecule has 1 aliphatic carbocycles. The fourth-order valence-corrected chi connectivity index (χ4v) is 4.27. The smallest absolute Gasteiger partial charge is 0.245 e. The van der Waals surface area contributed by atoms with Crippen LogP contribution in [0.5, 0.6) is 5.75 Å². The molecule has 3 rings (SSSR count). The summed E-state index contributed by atoms with van der Waals surface area (Å²) in [6.07, 6.45) is 5.54. The molecule has 1 fully saturated rings. The molecule has 3 atom stereocenters. The third kappa shape index (κ3) is 4.74. The van der Waals surface area contributed by atoms with Crippen LogP contribution in [0.25, 0.3) is 0 Å². The van der Waals surface area contributed by atoms with E-state index in [1.54, 1.807) is 11.9 Å². The molecule has 1 aromatic rings. The highest BCUT2D eigenvalue weighted by Crippen LogP contribution is 2.37. The van der Waals surface area contributed by atoms with Crippen molar-refractivity contribution in [2.24, 2.45) is 17.8 Å². The molecule has 0 spiro atoms. The van der Waals surface area contributed by atoms with Gasteiger partial charge < -0.3 is 9.64 Å². The molecule has 1 heterocycles. The third-order valence-corrected chi connectivity index (χ3v) is 5.89. The van der Waals surface area contributed by atoms with Crippen LogP contribution in [-0.4, -0.2) is 53.8 Å². The lowest BCUT2D eigenvalue weighted by molar-refractivity contribution is -0.151. The number of carbonyl (C=O) groups is 3. The topological polar surface area (TPSA) is 66.9 Å². The molecule has 0 radical (unpaired) electrons. The molecule has 3 amide bonds. The van der Waals surface area contributed by atoms with E-state index in [0.717, 1.165) is 11.3 Å². The van der Waals surface area contributed by atoms with Crippen LogP contribution in [0.3, 0.4) is 0 Å². The molecular weight excluding hydrogens is 380 g/mol. The highest BCUT2D eigenvalue weighted by atomic mass is 16.5. The molecule has 0 aromatic heterocycles. The molecule has 30 heavy (non-hydrogen) atoms. The van der Waals surface area contributed by atoms with Crippen molar-refractivity contribution < 1.29 is 19.1 Å². The zero-order valence-corrected chi connectivity index (χ0v) is 18.3. The molecule has 1 aromatic carbocycles. The van der Waals surface area contributed by atoms with Gasteiger partial charge in [-0.05, 0) is 49.8 Å². The number of benzene rings is 1. The Balaban J connectivity index is 1.67. The molecule has 0 saturated carbocycles. The Bertz CT molecular complexity index is 806. The van der Waals surface area contributed by atoms with E-state index in [2.05, 4.69) is 0 Å². The molecule has 162 valence electrons. The number of hydrogen-bond donors (Lipinski definition) is 0. The van der Waals surface area contributed by atoms with E-state index in [4.69, 9.17) is 4.74 Å². The number of nitrogens with zero attached hydrogens (tertiary/aromatic N) is 2. The number of imide groups is 1. The first-order valence-corrected chi connectivity index (χ1v) is 10.8. The summed E-state index contributed by atoms with van der Waals surface area (Å²) in [6.45, 7) is 6.72. The van der Waals surface area contributed by atoms with Gasteiger partial charge in [0.2, 0.25) is 17.7 Å². The van der Waals surface area contributed by atoms with Gasteiger partial charge in [0.15, 0.2) is 0 Å². The lowest BCUT2D eigenvalue weighted by atomic mass is 9.85. The van der Waals surface area contributed by atoms with Gasteiger partial charge in [0, 0.05) is 7.05 Å². The highest BCUT2D eigenvalue weighted by molar-refractivity contribution is 6.08. The third-order valence-electron chi connectivity index (χ3n) is 5.89. The zero-order valence-electron chi connectivity index (χ0n) is 18.3. The Morgan fingerprint density at radius 1 is 1.17 bits per heavy atom. The number of likely N-dealkylation sites (N-methyl/N-ethyl adjacent to an activating group) is 1. The number of allylic oxidation sites excluding steroid dienone is 2. The van der Waals surface area contributed by atoms with Gasteiger partial charge in [-0.1, -0.05) is 38.1 Å². The molecule has 1 aliphatic heterocycles. The highest BCUT2D eigenvalue weighted by Gasteiger charge is 2.51. The summed E-state index contributed by atoms with van der Waals surface area (Å²) in [5.74, 6) is -0.298. The summed E-state index contributed by atoms with van der Waals surface area (Å²) in [5, 5.41) is 0. The van der Waals surface area contributed by atoms with Crippen molar-refractivity contribution in [2.75, 3.05) is 20.2 Å². The minimum Gasteiger partial charge on any atom is -0.492 e. The number of aryl methyl sites for hydroxylation is 1. The van der Waals surface area contributed by atoms with Crippen LogP contribution in [0.15, 0.2) is 36.4 Å². The molecule has 1 saturated heterocycles. The summed E-state index contributed by atoms with van der Waals surface area (Å²) < 4.78 is 5.76. The summed E-state index contributed by atoms with van der Waals surface area (Å²) in [5.41, 5.74) is 1.11. The fourth-order valence-electron chi connectivity index (χ4n) is 4.27. The maximum absolute atomic E-state index is 13.3. The van der Waals surface area contributed by atoms with E-state index in [9.17, 15) is 14.4 Å². The van der Waals surface area contributed by atoms with E-state index in [1.165, 1.54) is 4.90 Å². The maximum atomic E-state index is 13.3. The van der Waals surface area contributed by atoms with Crippen molar-refractivity contribution in [3.05, 3.63) is 42.0 Å². The van der Waals surface area contributed by atoms with Crippen LogP contribution >= 0.6 is 0 Å². The van der Waals surface area contributed by atoms with Crippen molar-refractivity contribution in [3.63, 3.8) is 0 Å². The molecule has 3 unspecified atom stereocenters. The average Bonchev–Trinajstić information content (AvgIpc) is 2.96. The van der Waals surface area contributed by atoms with Gasteiger partial charge in [-0.15, -0.1) is 0 Å². The van der Waals surface area contributed by atoms with E-state index in [-0.39, 0.29) is 35.5 Å². The average molecular weight is 413 g/mol. The van der Waals surface area contributed by atoms with Gasteiger partial charge >= 0.3 is 0 Å². The van der Waals surface area contributed by atoms with Crippen molar-refractivity contribution >= 4 is 17.7 Å². The lowest BCUT2D eigenvalue weighted by Gasteiger charge is -2.31. The van der Waals surface area contributed by atoms with Gasteiger partial charge in [0.25, 0.3) is 0 Å². The Morgan fingerprint density at radius 2 is 1.80 bits per heavy atom. The summed E-state index contributed by atoms with van der Waals surface area (Å²) >= 11 is 0. The Kier molecular flexibility index (Phi) is 6.95. The van der Waals surface area contributed by atoms with Crippen LogP contribution < -0.4 is 4.74 Å². The number of hydrogen-bond acceptors (Lipinski definition) is 4. The monoisotopic (exact) mass is 412 g/mol. The van der Waals surface area contributed by atoms with Crippen molar-refractivity contribution in [3.8, 4) is 5.75 Å². The van der Waals surface area contributed by atoms with Crippen molar-refractivity contribution in [1.29, 1.82) is 0 Å². The summed E-state index contributed by atoms with van der Waals surface area (Å²) in [7, 11) is 1.70. The minimum absolute atomic E-state index is 0.178. The van der Waals surface area contributed by atoms with Crippen LogP contribution in [0.2, 0.25) is 0 Å². The van der Waals surface area contributed by atoms with E-state index < -0.39 is 6.04 Å².